The summed E-state index contributed by atoms with van der Waals surface area (Å²) in [6.45, 7) is 3.70. The number of aromatic nitrogens is 1. The predicted octanol–water partition coefficient (Wildman–Crippen LogP) is 2.11. The highest BCUT2D eigenvalue weighted by molar-refractivity contribution is 7.92. The van der Waals surface area contributed by atoms with Crippen LogP contribution in [-0.2, 0) is 10.0 Å². The third-order valence-electron chi connectivity index (χ3n) is 3.31. The van der Waals surface area contributed by atoms with E-state index in [4.69, 9.17) is 5.73 Å². The first kappa shape index (κ1) is 14.3. The van der Waals surface area contributed by atoms with Crippen LogP contribution >= 0.6 is 0 Å². The van der Waals surface area contributed by atoms with Crippen molar-refractivity contribution in [1.82, 2.24) is 4.98 Å². The van der Waals surface area contributed by atoms with Gasteiger partial charge in [0.2, 0.25) is 0 Å². The van der Waals surface area contributed by atoms with Crippen LogP contribution in [0.3, 0.4) is 0 Å². The molecule has 2 aromatic rings. The summed E-state index contributed by atoms with van der Waals surface area (Å²) in [7, 11) is -2.19. The lowest BCUT2D eigenvalue weighted by molar-refractivity contribution is 0.594. The Hall–Kier alpha value is -2.08. The summed E-state index contributed by atoms with van der Waals surface area (Å²) in [5.41, 5.74) is 8.07. The summed E-state index contributed by atoms with van der Waals surface area (Å²) < 4.78 is 26.3. The van der Waals surface area contributed by atoms with E-state index >= 15 is 0 Å². The van der Waals surface area contributed by atoms with Gasteiger partial charge in [-0.15, -0.1) is 0 Å². The fourth-order valence-electron chi connectivity index (χ4n) is 1.82. The van der Waals surface area contributed by atoms with Gasteiger partial charge in [0, 0.05) is 18.9 Å². The van der Waals surface area contributed by atoms with Gasteiger partial charge in [-0.05, 0) is 49.2 Å². The fourth-order valence-corrected chi connectivity index (χ4v) is 3.09. The molecule has 0 saturated carbocycles. The van der Waals surface area contributed by atoms with E-state index in [0.29, 0.717) is 11.5 Å². The number of sulfonamides is 1. The van der Waals surface area contributed by atoms with Gasteiger partial charge in [-0.3, -0.25) is 4.31 Å². The lowest BCUT2D eigenvalue weighted by Crippen LogP contribution is -2.27. The van der Waals surface area contributed by atoms with E-state index in [-0.39, 0.29) is 4.90 Å². The molecule has 0 aliphatic carbocycles. The number of pyridine rings is 1. The van der Waals surface area contributed by atoms with Gasteiger partial charge in [0.25, 0.3) is 10.0 Å². The van der Waals surface area contributed by atoms with E-state index in [9.17, 15) is 8.42 Å². The second-order valence-electron chi connectivity index (χ2n) is 4.61. The predicted molar refractivity (Wildman–Crippen MR) is 80.2 cm³/mol. The molecule has 1 heterocycles. The number of anilines is 2. The number of nitrogens with two attached hydrogens (primary N) is 1. The zero-order valence-electron chi connectivity index (χ0n) is 11.7. The maximum absolute atomic E-state index is 12.6. The number of hydrogen-bond donors (Lipinski definition) is 1. The molecular weight excluding hydrogens is 274 g/mol. The van der Waals surface area contributed by atoms with E-state index < -0.39 is 10.0 Å². The minimum atomic E-state index is -3.66. The Bertz CT molecular complexity index is 704. The number of nitrogens with zero attached hydrogens (tertiary/aromatic N) is 2. The Kier molecular flexibility index (Phi) is 3.67. The molecule has 0 radical (unpaired) electrons. The van der Waals surface area contributed by atoms with Gasteiger partial charge in [0.1, 0.15) is 5.82 Å². The summed E-state index contributed by atoms with van der Waals surface area (Å²) in [4.78, 5) is 4.22. The third kappa shape index (κ3) is 2.46. The van der Waals surface area contributed by atoms with Crippen molar-refractivity contribution in [3.63, 3.8) is 0 Å². The largest absolute Gasteiger partial charge is 0.398 e. The van der Waals surface area contributed by atoms with Crippen molar-refractivity contribution >= 4 is 21.5 Å². The van der Waals surface area contributed by atoms with Crippen molar-refractivity contribution in [2.24, 2.45) is 0 Å². The van der Waals surface area contributed by atoms with Crippen LogP contribution in [0.4, 0.5) is 11.5 Å². The highest BCUT2D eigenvalue weighted by Gasteiger charge is 2.23. The van der Waals surface area contributed by atoms with Crippen molar-refractivity contribution in [1.29, 1.82) is 0 Å². The summed E-state index contributed by atoms with van der Waals surface area (Å²) in [5.74, 6) is 0.365. The van der Waals surface area contributed by atoms with Gasteiger partial charge < -0.3 is 5.73 Å². The molecule has 0 spiro atoms. The van der Waals surface area contributed by atoms with Crippen molar-refractivity contribution in [3.05, 3.63) is 47.7 Å². The minimum absolute atomic E-state index is 0.172. The summed E-state index contributed by atoms with van der Waals surface area (Å²) >= 11 is 0. The summed E-state index contributed by atoms with van der Waals surface area (Å²) in [6.07, 6.45) is 1.55. The first-order chi connectivity index (χ1) is 9.34. The van der Waals surface area contributed by atoms with Gasteiger partial charge in [-0.25, -0.2) is 13.4 Å². The fraction of sp³-hybridized carbons (Fsp3) is 0.214. The van der Waals surface area contributed by atoms with Crippen LogP contribution in [0.5, 0.6) is 0 Å². The Balaban J connectivity index is 2.51. The molecule has 0 aliphatic rings. The molecule has 5 nitrogen and oxygen atoms in total. The molecular formula is C14H17N3O2S. The van der Waals surface area contributed by atoms with Crippen LogP contribution < -0.4 is 10.0 Å². The van der Waals surface area contributed by atoms with E-state index in [2.05, 4.69) is 4.98 Å². The molecule has 0 aliphatic heterocycles. The molecule has 0 unspecified atom stereocenters. The normalized spacial score (nSPS) is 11.3. The number of aryl methyl sites for hydroxylation is 1. The van der Waals surface area contributed by atoms with Gasteiger partial charge >= 0.3 is 0 Å². The topological polar surface area (TPSA) is 76.3 Å². The zero-order valence-corrected chi connectivity index (χ0v) is 12.5. The van der Waals surface area contributed by atoms with E-state index in [1.807, 2.05) is 13.8 Å². The van der Waals surface area contributed by atoms with Crippen LogP contribution in [0.2, 0.25) is 0 Å². The summed E-state index contributed by atoms with van der Waals surface area (Å²) in [5, 5.41) is 0. The van der Waals surface area contributed by atoms with Crippen molar-refractivity contribution in [2.45, 2.75) is 18.7 Å². The van der Waals surface area contributed by atoms with Gasteiger partial charge in [-0.1, -0.05) is 6.07 Å². The van der Waals surface area contributed by atoms with Crippen LogP contribution in [0.15, 0.2) is 41.4 Å². The van der Waals surface area contributed by atoms with Crippen molar-refractivity contribution in [3.8, 4) is 0 Å². The second-order valence-corrected chi connectivity index (χ2v) is 6.58. The van der Waals surface area contributed by atoms with Gasteiger partial charge in [0.05, 0.1) is 4.90 Å². The molecule has 1 aromatic carbocycles. The molecule has 0 fully saturated rings. The number of benzene rings is 1. The maximum Gasteiger partial charge on any atom is 0.265 e. The van der Waals surface area contributed by atoms with Gasteiger partial charge in [-0.2, -0.15) is 0 Å². The van der Waals surface area contributed by atoms with Crippen LogP contribution in [0, 0.1) is 13.8 Å². The average Bonchev–Trinajstić information content (AvgIpc) is 2.44. The Morgan fingerprint density at radius 2 is 1.90 bits per heavy atom. The molecule has 1 aromatic heterocycles. The Morgan fingerprint density at radius 1 is 1.20 bits per heavy atom. The molecule has 20 heavy (non-hydrogen) atoms. The van der Waals surface area contributed by atoms with Gasteiger partial charge in [0.15, 0.2) is 0 Å². The van der Waals surface area contributed by atoms with E-state index in [0.717, 1.165) is 15.4 Å². The molecule has 2 rings (SSSR count). The molecule has 0 saturated heterocycles. The molecule has 0 amide bonds. The Labute approximate surface area is 119 Å². The smallest absolute Gasteiger partial charge is 0.265 e. The summed E-state index contributed by atoms with van der Waals surface area (Å²) in [6, 6.07) is 8.22. The molecule has 2 N–H and O–H groups in total. The maximum atomic E-state index is 12.6. The zero-order chi connectivity index (χ0) is 14.9. The number of rotatable bonds is 3. The standard InChI is InChI=1S/C14H17N3O2S/c1-10-8-12(9-13(15)11(10)2)20(18,19)17(3)14-6-4-5-7-16-14/h4-9H,15H2,1-3H3. The van der Waals surface area contributed by atoms with Crippen LogP contribution in [0.25, 0.3) is 0 Å². The molecule has 6 heteroatoms. The molecule has 0 bridgehead atoms. The number of hydrogen-bond acceptors (Lipinski definition) is 4. The first-order valence-corrected chi connectivity index (χ1v) is 7.54. The van der Waals surface area contributed by atoms with E-state index in [1.165, 1.54) is 13.1 Å². The lowest BCUT2D eigenvalue weighted by atomic mass is 10.1. The quantitative estimate of drug-likeness (QED) is 0.879. The van der Waals surface area contributed by atoms with Crippen LogP contribution in [-0.4, -0.2) is 20.4 Å². The molecule has 106 valence electrons. The van der Waals surface area contributed by atoms with E-state index in [1.54, 1.807) is 30.5 Å². The highest BCUT2D eigenvalue weighted by atomic mass is 32.2. The van der Waals surface area contributed by atoms with Crippen LogP contribution in [0.1, 0.15) is 11.1 Å². The Morgan fingerprint density at radius 3 is 2.45 bits per heavy atom. The SMILES string of the molecule is Cc1cc(S(=O)(=O)N(C)c2ccccn2)cc(N)c1C. The first-order valence-electron chi connectivity index (χ1n) is 6.10. The minimum Gasteiger partial charge on any atom is -0.398 e. The average molecular weight is 291 g/mol. The number of nitrogen functional groups attached to an aromatic ring is 1. The third-order valence-corrected chi connectivity index (χ3v) is 5.05. The molecule has 0 atom stereocenters. The lowest BCUT2D eigenvalue weighted by Gasteiger charge is -2.19. The van der Waals surface area contributed by atoms with Crippen molar-refractivity contribution in [2.75, 3.05) is 17.1 Å². The monoisotopic (exact) mass is 291 g/mol. The highest BCUT2D eigenvalue weighted by Crippen LogP contribution is 2.25. The second kappa shape index (κ2) is 5.13. The van der Waals surface area contributed by atoms with Crippen molar-refractivity contribution < 1.29 is 8.42 Å².